The molecule has 5 heteroatoms. The van der Waals surface area contributed by atoms with E-state index < -0.39 is 11.8 Å². The minimum atomic E-state index is -0.550. The van der Waals surface area contributed by atoms with E-state index in [9.17, 15) is 9.59 Å². The lowest BCUT2D eigenvalue weighted by Gasteiger charge is -2.15. The van der Waals surface area contributed by atoms with Gasteiger partial charge in [0, 0.05) is 17.6 Å². The molecule has 0 unspecified atom stereocenters. The fourth-order valence-corrected chi connectivity index (χ4v) is 2.98. The first-order valence-corrected chi connectivity index (χ1v) is 8.36. The van der Waals surface area contributed by atoms with Crippen LogP contribution in [0.3, 0.4) is 0 Å². The molecule has 2 N–H and O–H groups in total. The molecule has 0 aromatic heterocycles. The standard InChI is InChI=1S/C17H23ClN2O2/c18-14-7-5-6-13(12-14)10-11-19-16(21)17(22)20-15-8-3-1-2-4-9-15/h5-7,12,15H,1-4,8-11H2,(H,19,21)(H,20,22). The van der Waals surface area contributed by atoms with Gasteiger partial charge in [-0.3, -0.25) is 9.59 Å². The van der Waals surface area contributed by atoms with E-state index in [4.69, 9.17) is 11.6 Å². The van der Waals surface area contributed by atoms with E-state index in [1.165, 1.54) is 12.8 Å². The maximum atomic E-state index is 11.9. The van der Waals surface area contributed by atoms with Gasteiger partial charge in [-0.05, 0) is 37.0 Å². The number of carbonyl (C=O) groups excluding carboxylic acids is 2. The molecule has 0 bridgehead atoms. The van der Waals surface area contributed by atoms with Gasteiger partial charge in [0.15, 0.2) is 0 Å². The Balaban J connectivity index is 1.70. The van der Waals surface area contributed by atoms with Crippen LogP contribution in [0.2, 0.25) is 5.02 Å². The lowest BCUT2D eigenvalue weighted by atomic mass is 10.1. The second-order valence-corrected chi connectivity index (χ2v) is 6.23. The van der Waals surface area contributed by atoms with Crippen LogP contribution in [0.15, 0.2) is 24.3 Å². The molecule has 120 valence electrons. The second kappa shape index (κ2) is 8.79. The molecule has 0 radical (unpaired) electrons. The molecule has 1 aromatic carbocycles. The van der Waals surface area contributed by atoms with Crippen LogP contribution >= 0.6 is 11.6 Å². The highest BCUT2D eigenvalue weighted by atomic mass is 35.5. The summed E-state index contributed by atoms with van der Waals surface area (Å²) >= 11 is 5.91. The van der Waals surface area contributed by atoms with Crippen molar-refractivity contribution < 1.29 is 9.59 Å². The van der Waals surface area contributed by atoms with E-state index in [2.05, 4.69) is 10.6 Å². The van der Waals surface area contributed by atoms with Crippen LogP contribution in [-0.4, -0.2) is 24.4 Å². The van der Waals surface area contributed by atoms with Crippen LogP contribution in [0.5, 0.6) is 0 Å². The molecule has 22 heavy (non-hydrogen) atoms. The lowest BCUT2D eigenvalue weighted by Crippen LogP contribution is -2.44. The molecular formula is C17H23ClN2O2. The van der Waals surface area contributed by atoms with Crippen LogP contribution in [0.1, 0.15) is 44.1 Å². The number of hydrogen-bond acceptors (Lipinski definition) is 2. The van der Waals surface area contributed by atoms with Gasteiger partial charge in [0.1, 0.15) is 0 Å². The predicted molar refractivity (Wildman–Crippen MR) is 87.8 cm³/mol. The van der Waals surface area contributed by atoms with Gasteiger partial charge < -0.3 is 10.6 Å². The molecule has 2 rings (SSSR count). The third kappa shape index (κ3) is 5.68. The molecule has 1 aromatic rings. The lowest BCUT2D eigenvalue weighted by molar-refractivity contribution is -0.139. The smallest absolute Gasteiger partial charge is 0.309 e. The first-order chi connectivity index (χ1) is 10.6. The third-order valence-electron chi connectivity index (χ3n) is 3.98. The van der Waals surface area contributed by atoms with Crippen molar-refractivity contribution >= 4 is 23.4 Å². The van der Waals surface area contributed by atoms with Crippen LogP contribution in [0.4, 0.5) is 0 Å². The number of carbonyl (C=O) groups is 2. The molecule has 1 saturated carbocycles. The van der Waals surface area contributed by atoms with Crippen molar-refractivity contribution in [2.24, 2.45) is 0 Å². The largest absolute Gasteiger partial charge is 0.348 e. The summed E-state index contributed by atoms with van der Waals surface area (Å²) in [7, 11) is 0. The SMILES string of the molecule is O=C(NCCc1cccc(Cl)c1)C(=O)NC1CCCCCC1. The fourth-order valence-electron chi connectivity index (χ4n) is 2.77. The summed E-state index contributed by atoms with van der Waals surface area (Å²) in [6.07, 6.45) is 7.30. The van der Waals surface area contributed by atoms with Crippen molar-refractivity contribution in [2.45, 2.75) is 51.0 Å². The van der Waals surface area contributed by atoms with Crippen LogP contribution in [0, 0.1) is 0 Å². The summed E-state index contributed by atoms with van der Waals surface area (Å²) in [6, 6.07) is 7.64. The van der Waals surface area contributed by atoms with Crippen molar-refractivity contribution in [3.8, 4) is 0 Å². The molecule has 2 amide bonds. The summed E-state index contributed by atoms with van der Waals surface area (Å²) in [4.78, 5) is 23.7. The molecular weight excluding hydrogens is 300 g/mol. The number of hydrogen-bond donors (Lipinski definition) is 2. The number of benzene rings is 1. The molecule has 4 nitrogen and oxygen atoms in total. The summed E-state index contributed by atoms with van der Waals surface area (Å²) in [6.45, 7) is 0.428. The number of halogens is 1. The fraction of sp³-hybridized carbons (Fsp3) is 0.529. The average Bonchev–Trinajstić information content (AvgIpc) is 2.76. The number of rotatable bonds is 4. The highest BCUT2D eigenvalue weighted by Crippen LogP contribution is 2.17. The van der Waals surface area contributed by atoms with E-state index in [1.54, 1.807) is 0 Å². The molecule has 0 saturated heterocycles. The van der Waals surface area contributed by atoms with E-state index >= 15 is 0 Å². The predicted octanol–water partition coefficient (Wildman–Crippen LogP) is 2.84. The van der Waals surface area contributed by atoms with Gasteiger partial charge in [0.25, 0.3) is 0 Å². The Morgan fingerprint density at radius 3 is 2.50 bits per heavy atom. The molecule has 0 heterocycles. The monoisotopic (exact) mass is 322 g/mol. The Kier molecular flexibility index (Phi) is 6.72. The van der Waals surface area contributed by atoms with E-state index in [-0.39, 0.29) is 6.04 Å². The van der Waals surface area contributed by atoms with Gasteiger partial charge in [-0.2, -0.15) is 0 Å². The van der Waals surface area contributed by atoms with Crippen LogP contribution < -0.4 is 10.6 Å². The highest BCUT2D eigenvalue weighted by molar-refractivity contribution is 6.35. The minimum Gasteiger partial charge on any atom is -0.348 e. The minimum absolute atomic E-state index is 0.147. The Morgan fingerprint density at radius 1 is 1.09 bits per heavy atom. The second-order valence-electron chi connectivity index (χ2n) is 5.80. The van der Waals surface area contributed by atoms with Gasteiger partial charge in [0.2, 0.25) is 0 Å². The Morgan fingerprint density at radius 2 is 1.82 bits per heavy atom. The van der Waals surface area contributed by atoms with Gasteiger partial charge in [0.05, 0.1) is 0 Å². The maximum absolute atomic E-state index is 11.9. The molecule has 1 aliphatic rings. The number of amides is 2. The zero-order valence-electron chi connectivity index (χ0n) is 12.7. The summed E-state index contributed by atoms with van der Waals surface area (Å²) in [5.74, 6) is -1.07. The summed E-state index contributed by atoms with van der Waals surface area (Å²) < 4.78 is 0. The Hall–Kier alpha value is -1.55. The first-order valence-electron chi connectivity index (χ1n) is 7.98. The molecule has 1 aliphatic carbocycles. The van der Waals surface area contributed by atoms with E-state index in [0.29, 0.717) is 18.0 Å². The van der Waals surface area contributed by atoms with Crippen molar-refractivity contribution in [3.05, 3.63) is 34.9 Å². The third-order valence-corrected chi connectivity index (χ3v) is 4.22. The van der Waals surface area contributed by atoms with Gasteiger partial charge in [-0.15, -0.1) is 0 Å². The highest BCUT2D eigenvalue weighted by Gasteiger charge is 2.19. The summed E-state index contributed by atoms with van der Waals surface area (Å²) in [5.41, 5.74) is 1.04. The molecule has 0 aliphatic heterocycles. The van der Waals surface area contributed by atoms with Crippen molar-refractivity contribution in [1.29, 1.82) is 0 Å². The van der Waals surface area contributed by atoms with Crippen molar-refractivity contribution in [3.63, 3.8) is 0 Å². The Labute approximate surface area is 136 Å². The molecule has 0 spiro atoms. The van der Waals surface area contributed by atoms with Crippen molar-refractivity contribution in [2.75, 3.05) is 6.54 Å². The van der Waals surface area contributed by atoms with Gasteiger partial charge >= 0.3 is 11.8 Å². The van der Waals surface area contributed by atoms with E-state index in [0.717, 1.165) is 31.2 Å². The van der Waals surface area contributed by atoms with Crippen LogP contribution in [0.25, 0.3) is 0 Å². The quantitative estimate of drug-likeness (QED) is 0.661. The molecule has 1 fully saturated rings. The normalized spacial score (nSPS) is 15.9. The van der Waals surface area contributed by atoms with Gasteiger partial charge in [-0.1, -0.05) is 49.4 Å². The van der Waals surface area contributed by atoms with Crippen LogP contribution in [-0.2, 0) is 16.0 Å². The molecule has 0 atom stereocenters. The topological polar surface area (TPSA) is 58.2 Å². The Bertz CT molecular complexity index is 511. The van der Waals surface area contributed by atoms with E-state index in [1.807, 2.05) is 24.3 Å². The van der Waals surface area contributed by atoms with Crippen molar-refractivity contribution in [1.82, 2.24) is 10.6 Å². The maximum Gasteiger partial charge on any atom is 0.309 e. The average molecular weight is 323 g/mol. The summed E-state index contributed by atoms with van der Waals surface area (Å²) in [5, 5.41) is 6.18. The zero-order chi connectivity index (χ0) is 15.8. The first kappa shape index (κ1) is 16.8. The number of nitrogens with one attached hydrogen (secondary N) is 2. The van der Waals surface area contributed by atoms with Gasteiger partial charge in [-0.25, -0.2) is 0 Å². The zero-order valence-corrected chi connectivity index (χ0v) is 13.5.